The Morgan fingerprint density at radius 2 is 1.83 bits per heavy atom. The summed E-state index contributed by atoms with van der Waals surface area (Å²) in [5.74, 6) is -0.782. The first kappa shape index (κ1) is 20.7. The van der Waals surface area contributed by atoms with Crippen LogP contribution in [0.2, 0.25) is 0 Å². The Bertz CT molecular complexity index is 382. The van der Waals surface area contributed by atoms with E-state index in [0.29, 0.717) is 13.1 Å². The number of unbranched alkanes of at least 4 members (excludes halogenated alkanes) is 1. The third kappa shape index (κ3) is 7.07. The van der Waals surface area contributed by atoms with Crippen molar-refractivity contribution in [1.29, 1.82) is 0 Å². The van der Waals surface area contributed by atoms with Crippen LogP contribution in [0.15, 0.2) is 0 Å². The van der Waals surface area contributed by atoms with Crippen molar-refractivity contribution in [2.75, 3.05) is 26.2 Å². The quantitative estimate of drug-likeness (QED) is 0.641. The molecule has 1 rings (SSSR count). The Labute approximate surface area is 146 Å². The van der Waals surface area contributed by atoms with Crippen LogP contribution in [0.4, 0.5) is 4.79 Å². The molecule has 6 heteroatoms. The zero-order chi connectivity index (χ0) is 17.9. The zero-order valence-electron chi connectivity index (χ0n) is 15.6. The van der Waals surface area contributed by atoms with E-state index in [2.05, 4.69) is 19.2 Å². The number of urea groups is 1. The Morgan fingerprint density at radius 3 is 2.33 bits per heavy atom. The van der Waals surface area contributed by atoms with Gasteiger partial charge in [0.1, 0.15) is 0 Å². The maximum absolute atomic E-state index is 12.5. The molecule has 1 saturated heterocycles. The standard InChI is InChI=1S/C18H35N3O3/c1-4-7-9-15(8-5-2)19-18(24)21-12-10-16(11-13-21)20(6-3)14-17(22)23/h15-16H,4-14H2,1-3H3,(H,19,24)(H,22,23). The van der Waals surface area contributed by atoms with Crippen LogP contribution in [0.5, 0.6) is 0 Å². The van der Waals surface area contributed by atoms with Gasteiger partial charge in [0.25, 0.3) is 0 Å². The van der Waals surface area contributed by atoms with Gasteiger partial charge in [-0.1, -0.05) is 40.0 Å². The number of carboxylic acids is 1. The SMILES string of the molecule is CCCCC(CCC)NC(=O)N1CCC(N(CC)CC(=O)O)CC1. The molecular weight excluding hydrogens is 306 g/mol. The van der Waals surface area contributed by atoms with Crippen molar-refractivity contribution in [2.45, 2.75) is 77.8 Å². The summed E-state index contributed by atoms with van der Waals surface area (Å²) < 4.78 is 0. The molecule has 0 radical (unpaired) electrons. The van der Waals surface area contributed by atoms with Crippen LogP contribution in [0, 0.1) is 0 Å². The minimum atomic E-state index is -0.782. The van der Waals surface area contributed by atoms with Gasteiger partial charge in [-0.3, -0.25) is 9.69 Å². The second-order valence-corrected chi connectivity index (χ2v) is 6.75. The Balaban J connectivity index is 2.44. The zero-order valence-corrected chi connectivity index (χ0v) is 15.6. The number of rotatable bonds is 10. The van der Waals surface area contributed by atoms with Crippen molar-refractivity contribution in [2.24, 2.45) is 0 Å². The summed E-state index contributed by atoms with van der Waals surface area (Å²) >= 11 is 0. The number of hydrogen-bond donors (Lipinski definition) is 2. The summed E-state index contributed by atoms with van der Waals surface area (Å²) in [6.07, 6.45) is 7.16. The molecule has 6 nitrogen and oxygen atoms in total. The van der Waals surface area contributed by atoms with E-state index in [-0.39, 0.29) is 24.7 Å². The second-order valence-electron chi connectivity index (χ2n) is 6.75. The predicted molar refractivity (Wildman–Crippen MR) is 96.2 cm³/mol. The number of likely N-dealkylation sites (tertiary alicyclic amines) is 1. The van der Waals surface area contributed by atoms with Crippen molar-refractivity contribution in [1.82, 2.24) is 15.1 Å². The Hall–Kier alpha value is -1.30. The molecule has 2 amide bonds. The highest BCUT2D eigenvalue weighted by molar-refractivity contribution is 5.74. The summed E-state index contributed by atoms with van der Waals surface area (Å²) in [6, 6.07) is 0.588. The van der Waals surface area contributed by atoms with E-state index in [0.717, 1.165) is 51.5 Å². The monoisotopic (exact) mass is 341 g/mol. The number of nitrogens with one attached hydrogen (secondary N) is 1. The van der Waals surface area contributed by atoms with Crippen molar-refractivity contribution in [3.63, 3.8) is 0 Å². The van der Waals surface area contributed by atoms with Crippen LogP contribution in [0.25, 0.3) is 0 Å². The highest BCUT2D eigenvalue weighted by Gasteiger charge is 2.27. The maximum Gasteiger partial charge on any atom is 0.317 e. The second kappa shape index (κ2) is 11.3. The molecule has 2 N–H and O–H groups in total. The average Bonchev–Trinajstić information content (AvgIpc) is 2.57. The van der Waals surface area contributed by atoms with Crippen LogP contribution in [-0.2, 0) is 4.79 Å². The molecule has 1 atom stereocenters. The van der Waals surface area contributed by atoms with Gasteiger partial charge < -0.3 is 15.3 Å². The number of piperidine rings is 1. The molecule has 0 aliphatic carbocycles. The molecule has 0 spiro atoms. The highest BCUT2D eigenvalue weighted by atomic mass is 16.4. The largest absolute Gasteiger partial charge is 0.480 e. The van der Waals surface area contributed by atoms with Gasteiger partial charge in [-0.15, -0.1) is 0 Å². The van der Waals surface area contributed by atoms with Gasteiger partial charge in [-0.2, -0.15) is 0 Å². The topological polar surface area (TPSA) is 72.9 Å². The fourth-order valence-electron chi connectivity index (χ4n) is 3.46. The molecule has 140 valence electrons. The van der Waals surface area contributed by atoms with Gasteiger partial charge in [-0.05, 0) is 32.2 Å². The fraction of sp³-hybridized carbons (Fsp3) is 0.889. The van der Waals surface area contributed by atoms with E-state index < -0.39 is 5.97 Å². The number of aliphatic carboxylic acids is 1. The minimum Gasteiger partial charge on any atom is -0.480 e. The third-order valence-corrected chi connectivity index (χ3v) is 4.88. The van der Waals surface area contributed by atoms with E-state index in [1.807, 2.05) is 16.7 Å². The van der Waals surface area contributed by atoms with Gasteiger partial charge in [0.2, 0.25) is 0 Å². The summed E-state index contributed by atoms with van der Waals surface area (Å²) in [5.41, 5.74) is 0. The predicted octanol–water partition coefficient (Wildman–Crippen LogP) is 2.93. The number of hydrogen-bond acceptors (Lipinski definition) is 3. The van der Waals surface area contributed by atoms with Gasteiger partial charge in [0.05, 0.1) is 6.54 Å². The third-order valence-electron chi connectivity index (χ3n) is 4.88. The highest BCUT2D eigenvalue weighted by Crippen LogP contribution is 2.17. The van der Waals surface area contributed by atoms with Crippen LogP contribution in [0.1, 0.15) is 65.7 Å². The molecule has 1 heterocycles. The van der Waals surface area contributed by atoms with Gasteiger partial charge >= 0.3 is 12.0 Å². The lowest BCUT2D eigenvalue weighted by Gasteiger charge is -2.38. The number of carbonyl (C=O) groups is 2. The molecule has 1 aliphatic heterocycles. The molecule has 0 aromatic rings. The lowest BCUT2D eigenvalue weighted by Crippen LogP contribution is -2.52. The number of nitrogens with zero attached hydrogens (tertiary/aromatic N) is 2. The van der Waals surface area contributed by atoms with Gasteiger partial charge in [-0.25, -0.2) is 4.79 Å². The van der Waals surface area contributed by atoms with E-state index >= 15 is 0 Å². The van der Waals surface area contributed by atoms with E-state index in [9.17, 15) is 9.59 Å². The molecular formula is C18H35N3O3. The van der Waals surface area contributed by atoms with Crippen molar-refractivity contribution >= 4 is 12.0 Å². The van der Waals surface area contributed by atoms with E-state index in [4.69, 9.17) is 5.11 Å². The molecule has 1 fully saturated rings. The minimum absolute atomic E-state index is 0.0456. The molecule has 24 heavy (non-hydrogen) atoms. The van der Waals surface area contributed by atoms with E-state index in [1.165, 1.54) is 0 Å². The Morgan fingerprint density at radius 1 is 1.17 bits per heavy atom. The first-order valence-electron chi connectivity index (χ1n) is 9.53. The molecule has 0 bridgehead atoms. The van der Waals surface area contributed by atoms with Crippen LogP contribution < -0.4 is 5.32 Å². The lowest BCUT2D eigenvalue weighted by atomic mass is 10.0. The molecule has 0 aromatic heterocycles. The average molecular weight is 341 g/mol. The van der Waals surface area contributed by atoms with Crippen molar-refractivity contribution in [3.05, 3.63) is 0 Å². The number of likely N-dealkylation sites (N-methyl/N-ethyl adjacent to an activating group) is 1. The van der Waals surface area contributed by atoms with Crippen molar-refractivity contribution in [3.8, 4) is 0 Å². The first-order valence-corrected chi connectivity index (χ1v) is 9.53. The van der Waals surface area contributed by atoms with Crippen molar-refractivity contribution < 1.29 is 14.7 Å². The number of carboxylic acid groups (broad SMARTS) is 1. The first-order chi connectivity index (χ1) is 11.5. The summed E-state index contributed by atoms with van der Waals surface area (Å²) in [7, 11) is 0. The summed E-state index contributed by atoms with van der Waals surface area (Å²) in [5, 5.41) is 12.2. The molecule has 1 aliphatic rings. The fourth-order valence-corrected chi connectivity index (χ4v) is 3.46. The molecule has 0 saturated carbocycles. The maximum atomic E-state index is 12.5. The van der Waals surface area contributed by atoms with Crippen LogP contribution in [-0.4, -0.2) is 65.2 Å². The lowest BCUT2D eigenvalue weighted by molar-refractivity contribution is -0.139. The summed E-state index contributed by atoms with van der Waals surface area (Å²) in [6.45, 7) is 8.55. The van der Waals surface area contributed by atoms with Crippen LogP contribution >= 0.6 is 0 Å². The number of amides is 2. The number of carbonyl (C=O) groups excluding carboxylic acids is 1. The Kier molecular flexibility index (Phi) is 9.76. The smallest absolute Gasteiger partial charge is 0.317 e. The summed E-state index contributed by atoms with van der Waals surface area (Å²) in [4.78, 5) is 27.3. The van der Waals surface area contributed by atoms with E-state index in [1.54, 1.807) is 0 Å². The molecule has 0 aromatic carbocycles. The van der Waals surface area contributed by atoms with Crippen LogP contribution in [0.3, 0.4) is 0 Å². The normalized spacial score (nSPS) is 17.1. The van der Waals surface area contributed by atoms with Gasteiger partial charge in [0, 0.05) is 25.2 Å². The molecule has 1 unspecified atom stereocenters. The van der Waals surface area contributed by atoms with Gasteiger partial charge in [0.15, 0.2) is 0 Å².